The number of hydrogen-bond donors (Lipinski definition) is 0. The molecule has 1 heterocycles. The Hall–Kier alpha value is -4.56. The van der Waals surface area contributed by atoms with Gasteiger partial charge in [0.15, 0.2) is 17.8 Å². The quantitative estimate of drug-likeness (QED) is 0.127. The van der Waals surface area contributed by atoms with Gasteiger partial charge in [-0.3, -0.25) is 14.9 Å². The van der Waals surface area contributed by atoms with Crippen LogP contribution >= 0.6 is 11.6 Å². The highest BCUT2D eigenvalue weighted by atomic mass is 35.5. The van der Waals surface area contributed by atoms with Crippen LogP contribution in [0.25, 0.3) is 11.1 Å². The van der Waals surface area contributed by atoms with Crippen molar-refractivity contribution < 1.29 is 28.7 Å². The fraction of sp³-hybridized carbons (Fsp3) is 0.167. The van der Waals surface area contributed by atoms with Gasteiger partial charge in [0.1, 0.15) is 37.9 Å². The van der Waals surface area contributed by atoms with Crippen molar-refractivity contribution >= 4 is 23.6 Å². The van der Waals surface area contributed by atoms with E-state index in [-0.39, 0.29) is 29.5 Å². The molecular weight excluding hydrogens is 522 g/mol. The Bertz CT molecular complexity index is 1540. The number of carbonyl (C=O) groups excluding carboxylic acids is 1. The minimum absolute atomic E-state index is 0.0113. The number of nitro groups is 1. The van der Waals surface area contributed by atoms with Gasteiger partial charge in [-0.1, -0.05) is 35.9 Å². The molecule has 0 spiro atoms. The summed E-state index contributed by atoms with van der Waals surface area (Å²) < 4.78 is 23.3. The van der Waals surface area contributed by atoms with Gasteiger partial charge in [0.25, 0.3) is 5.69 Å². The summed E-state index contributed by atoms with van der Waals surface area (Å²) >= 11 is 6.42. The molecule has 0 saturated heterocycles. The van der Waals surface area contributed by atoms with Crippen molar-refractivity contribution in [2.75, 3.05) is 13.2 Å². The van der Waals surface area contributed by atoms with Crippen molar-refractivity contribution in [2.45, 2.75) is 20.1 Å². The Morgan fingerprint density at radius 3 is 2.41 bits per heavy atom. The molecule has 5 rings (SSSR count). The average Bonchev–Trinajstić information content (AvgIpc) is 2.96. The first-order chi connectivity index (χ1) is 18.9. The second-order valence-electron chi connectivity index (χ2n) is 8.89. The molecule has 0 unspecified atom stereocenters. The minimum Gasteiger partial charge on any atom is -0.488 e. The molecule has 39 heavy (non-hydrogen) atoms. The number of nitro benzene ring substituents is 1. The first kappa shape index (κ1) is 26.1. The number of hydrogen-bond acceptors (Lipinski definition) is 7. The van der Waals surface area contributed by atoms with Crippen LogP contribution in [0.3, 0.4) is 0 Å². The van der Waals surface area contributed by atoms with E-state index >= 15 is 0 Å². The molecule has 0 fully saturated rings. The van der Waals surface area contributed by atoms with Crippen LogP contribution in [0.2, 0.25) is 5.02 Å². The van der Waals surface area contributed by atoms with Gasteiger partial charge in [0.2, 0.25) is 0 Å². The Morgan fingerprint density at radius 1 is 0.923 bits per heavy atom. The summed E-state index contributed by atoms with van der Waals surface area (Å²) in [6, 6.07) is 21.0. The molecule has 0 aromatic heterocycles. The van der Waals surface area contributed by atoms with Gasteiger partial charge in [-0.05, 0) is 65.1 Å². The van der Waals surface area contributed by atoms with Gasteiger partial charge < -0.3 is 18.9 Å². The van der Waals surface area contributed by atoms with E-state index in [0.717, 1.165) is 33.8 Å². The lowest BCUT2D eigenvalue weighted by atomic mass is 9.96. The Kier molecular flexibility index (Phi) is 7.65. The third kappa shape index (κ3) is 5.81. The van der Waals surface area contributed by atoms with Crippen molar-refractivity contribution in [2.24, 2.45) is 0 Å². The summed E-state index contributed by atoms with van der Waals surface area (Å²) in [6.07, 6.45) is 0.655. The summed E-state index contributed by atoms with van der Waals surface area (Å²) in [5.74, 6) is 2.12. The molecule has 4 aromatic carbocycles. The van der Waals surface area contributed by atoms with Gasteiger partial charge in [-0.2, -0.15) is 0 Å². The number of benzene rings is 4. The second-order valence-corrected chi connectivity index (χ2v) is 9.29. The number of ether oxygens (including phenoxy) is 4. The van der Waals surface area contributed by atoms with Crippen molar-refractivity contribution in [3.05, 3.63) is 110 Å². The highest BCUT2D eigenvalue weighted by Crippen LogP contribution is 2.37. The number of rotatable bonds is 9. The zero-order chi connectivity index (χ0) is 27.4. The molecule has 1 aliphatic heterocycles. The molecule has 0 N–H and O–H groups in total. The number of nitrogens with zero attached hydrogens (tertiary/aromatic N) is 1. The zero-order valence-electron chi connectivity index (χ0n) is 21.0. The van der Waals surface area contributed by atoms with Gasteiger partial charge in [0.05, 0.1) is 15.5 Å². The third-order valence-corrected chi connectivity index (χ3v) is 6.71. The van der Waals surface area contributed by atoms with Gasteiger partial charge in [0, 0.05) is 18.2 Å². The van der Waals surface area contributed by atoms with Gasteiger partial charge in [-0.25, -0.2) is 0 Å². The predicted molar refractivity (Wildman–Crippen MR) is 146 cm³/mol. The van der Waals surface area contributed by atoms with Crippen molar-refractivity contribution in [1.29, 1.82) is 0 Å². The largest absolute Gasteiger partial charge is 0.488 e. The van der Waals surface area contributed by atoms with E-state index in [1.165, 1.54) is 18.2 Å². The van der Waals surface area contributed by atoms with Crippen LogP contribution in [0.4, 0.5) is 5.69 Å². The predicted octanol–water partition coefficient (Wildman–Crippen LogP) is 6.97. The monoisotopic (exact) mass is 545 g/mol. The highest BCUT2D eigenvalue weighted by Gasteiger charge is 2.16. The molecule has 8 nitrogen and oxygen atoms in total. The smallest absolute Gasteiger partial charge is 0.269 e. The fourth-order valence-electron chi connectivity index (χ4n) is 4.27. The summed E-state index contributed by atoms with van der Waals surface area (Å²) in [4.78, 5) is 22.0. The lowest BCUT2D eigenvalue weighted by Crippen LogP contribution is -2.15. The number of non-ortho nitro benzene ring substituents is 1. The van der Waals surface area contributed by atoms with Crippen LogP contribution < -0.4 is 18.9 Å². The van der Waals surface area contributed by atoms with E-state index in [9.17, 15) is 14.9 Å². The lowest BCUT2D eigenvalue weighted by molar-refractivity contribution is -0.384. The normalized spacial score (nSPS) is 12.1. The van der Waals surface area contributed by atoms with Crippen molar-refractivity contribution in [3.8, 4) is 34.1 Å². The molecule has 0 amide bonds. The Morgan fingerprint density at radius 2 is 1.67 bits per heavy atom. The van der Waals surface area contributed by atoms with E-state index in [1.54, 1.807) is 18.2 Å². The van der Waals surface area contributed by atoms with E-state index in [2.05, 4.69) is 0 Å². The average molecular weight is 546 g/mol. The van der Waals surface area contributed by atoms with Crippen LogP contribution in [0.1, 0.15) is 27.0 Å². The number of aldehydes is 1. The lowest BCUT2D eigenvalue weighted by Gasteiger charge is -2.20. The summed E-state index contributed by atoms with van der Waals surface area (Å²) in [5, 5.41) is 11.1. The maximum atomic E-state index is 11.6. The summed E-state index contributed by atoms with van der Waals surface area (Å²) in [5.41, 5.74) is 5.03. The van der Waals surface area contributed by atoms with E-state index in [1.807, 2.05) is 43.3 Å². The SMILES string of the molecule is Cc1c(COc2cc(OCc3ccc([N+](=O)[O-])cc3)c(C=O)cc2Cl)cccc1-c1ccc2c(c1)OCCO2. The van der Waals surface area contributed by atoms with Crippen LogP contribution in [0.15, 0.2) is 72.8 Å². The minimum atomic E-state index is -0.467. The topological polar surface area (TPSA) is 97.1 Å². The second kappa shape index (κ2) is 11.4. The van der Waals surface area contributed by atoms with E-state index < -0.39 is 4.92 Å². The third-order valence-electron chi connectivity index (χ3n) is 6.42. The Balaban J connectivity index is 1.33. The van der Waals surface area contributed by atoms with E-state index in [4.69, 9.17) is 30.5 Å². The number of carbonyl (C=O) groups is 1. The van der Waals surface area contributed by atoms with E-state index in [0.29, 0.717) is 36.6 Å². The van der Waals surface area contributed by atoms with Crippen molar-refractivity contribution in [3.63, 3.8) is 0 Å². The Labute approximate surface area is 229 Å². The molecule has 0 bridgehead atoms. The molecular formula is C30H24ClNO7. The van der Waals surface area contributed by atoms with Gasteiger partial charge in [-0.15, -0.1) is 0 Å². The summed E-state index contributed by atoms with van der Waals surface area (Å²) in [6.45, 7) is 3.44. The molecule has 0 saturated carbocycles. The summed E-state index contributed by atoms with van der Waals surface area (Å²) in [7, 11) is 0. The van der Waals surface area contributed by atoms with Gasteiger partial charge >= 0.3 is 0 Å². The molecule has 198 valence electrons. The molecule has 0 aliphatic carbocycles. The molecule has 4 aromatic rings. The first-order valence-corrected chi connectivity index (χ1v) is 12.6. The maximum Gasteiger partial charge on any atom is 0.269 e. The zero-order valence-corrected chi connectivity index (χ0v) is 21.8. The standard InChI is InChI=1S/C30H24ClNO7/c1-19-22(3-2-4-25(19)21-7-10-27-30(14-21)37-12-11-36-27)18-39-29-15-28(23(16-33)13-26(29)31)38-17-20-5-8-24(9-6-20)32(34)35/h2-10,13-16H,11-12,17-18H2,1H3. The number of halogens is 1. The van der Waals surface area contributed by atoms with Crippen LogP contribution in [0.5, 0.6) is 23.0 Å². The highest BCUT2D eigenvalue weighted by molar-refractivity contribution is 6.32. The molecule has 0 radical (unpaired) electrons. The van der Waals surface area contributed by atoms with Crippen molar-refractivity contribution in [1.82, 2.24) is 0 Å². The van der Waals surface area contributed by atoms with Crippen LogP contribution in [-0.2, 0) is 13.2 Å². The van der Waals surface area contributed by atoms with Crippen LogP contribution in [0, 0.1) is 17.0 Å². The van der Waals surface area contributed by atoms with Crippen LogP contribution in [-0.4, -0.2) is 24.4 Å². The fourth-order valence-corrected chi connectivity index (χ4v) is 4.50. The number of fused-ring (bicyclic) bond motifs is 1. The molecule has 1 aliphatic rings. The first-order valence-electron chi connectivity index (χ1n) is 12.2. The maximum absolute atomic E-state index is 11.6. The molecule has 0 atom stereocenters. The molecule has 9 heteroatoms.